The maximum Gasteiger partial charge on any atom is 0.225 e. The first kappa shape index (κ1) is 20.2. The number of nitrogens with zero attached hydrogens (tertiary/aromatic N) is 2. The molecule has 0 radical (unpaired) electrons. The van der Waals surface area contributed by atoms with Gasteiger partial charge in [-0.15, -0.1) is 11.3 Å². The number of fused-ring (bicyclic) bond motifs is 1. The van der Waals surface area contributed by atoms with Gasteiger partial charge in [-0.05, 0) is 49.6 Å². The van der Waals surface area contributed by atoms with E-state index in [1.807, 2.05) is 65.4 Å². The number of carbonyl (C=O) groups excluding carboxylic acids is 1. The normalized spacial score (nSPS) is 11.0. The van der Waals surface area contributed by atoms with Crippen LogP contribution in [0.4, 0.5) is 0 Å². The highest BCUT2D eigenvalue weighted by atomic mass is 32.1. The summed E-state index contributed by atoms with van der Waals surface area (Å²) < 4.78 is 7.51. The van der Waals surface area contributed by atoms with Gasteiger partial charge in [0.15, 0.2) is 4.96 Å². The quantitative estimate of drug-likeness (QED) is 0.398. The van der Waals surface area contributed by atoms with E-state index in [1.54, 1.807) is 11.3 Å². The van der Waals surface area contributed by atoms with E-state index in [9.17, 15) is 4.79 Å². The highest BCUT2D eigenvalue weighted by Crippen LogP contribution is 2.25. The van der Waals surface area contributed by atoms with Crippen molar-refractivity contribution >= 4 is 22.2 Å². The lowest BCUT2D eigenvalue weighted by Gasteiger charge is -2.05. The number of thiazole rings is 1. The minimum absolute atomic E-state index is 0.0408. The van der Waals surface area contributed by atoms with Crippen LogP contribution < -0.4 is 10.1 Å². The summed E-state index contributed by atoms with van der Waals surface area (Å²) in [7, 11) is 0. The van der Waals surface area contributed by atoms with E-state index in [0.29, 0.717) is 19.6 Å². The monoisotopic (exact) mass is 419 g/mol. The second-order valence-corrected chi connectivity index (χ2v) is 7.92. The van der Waals surface area contributed by atoms with Gasteiger partial charge in [-0.25, -0.2) is 4.98 Å². The van der Waals surface area contributed by atoms with Crippen molar-refractivity contribution in [1.29, 1.82) is 0 Å². The van der Waals surface area contributed by atoms with E-state index in [1.165, 1.54) is 5.56 Å². The van der Waals surface area contributed by atoms with Crippen LogP contribution in [0.15, 0.2) is 66.2 Å². The van der Waals surface area contributed by atoms with Gasteiger partial charge in [0.05, 0.1) is 18.7 Å². The van der Waals surface area contributed by atoms with Crippen molar-refractivity contribution in [3.05, 3.63) is 77.4 Å². The third-order valence-electron chi connectivity index (χ3n) is 4.89. The van der Waals surface area contributed by atoms with Crippen molar-refractivity contribution < 1.29 is 9.53 Å². The molecule has 4 rings (SSSR count). The molecule has 0 bridgehead atoms. The molecule has 0 fully saturated rings. The molecule has 0 saturated carbocycles. The summed E-state index contributed by atoms with van der Waals surface area (Å²) in [4.78, 5) is 18.0. The van der Waals surface area contributed by atoms with Gasteiger partial charge in [0.25, 0.3) is 0 Å². The van der Waals surface area contributed by atoms with Crippen molar-refractivity contribution in [3.63, 3.8) is 0 Å². The summed E-state index contributed by atoms with van der Waals surface area (Å²) in [6.45, 7) is 3.30. The summed E-state index contributed by atoms with van der Waals surface area (Å²) in [5.74, 6) is 0.894. The number of rotatable bonds is 9. The molecule has 0 spiro atoms. The molecular weight excluding hydrogens is 394 g/mol. The molecule has 2 heterocycles. The van der Waals surface area contributed by atoms with Crippen LogP contribution in [0.2, 0.25) is 0 Å². The molecule has 0 saturated heterocycles. The Kier molecular flexibility index (Phi) is 6.44. The van der Waals surface area contributed by atoms with Crippen LogP contribution in [-0.4, -0.2) is 28.4 Å². The molecule has 154 valence electrons. The number of ether oxygens (including phenoxy) is 1. The van der Waals surface area contributed by atoms with Crippen molar-refractivity contribution in [1.82, 2.24) is 14.7 Å². The van der Waals surface area contributed by atoms with Gasteiger partial charge in [-0.2, -0.15) is 0 Å². The summed E-state index contributed by atoms with van der Waals surface area (Å²) in [6.07, 6.45) is 4.25. The molecule has 2 aromatic heterocycles. The fourth-order valence-corrected chi connectivity index (χ4v) is 4.25. The minimum atomic E-state index is 0.0408. The molecule has 0 unspecified atom stereocenters. The zero-order chi connectivity index (χ0) is 20.8. The molecule has 0 aliphatic carbocycles. The van der Waals surface area contributed by atoms with Gasteiger partial charge >= 0.3 is 0 Å². The lowest BCUT2D eigenvalue weighted by atomic mass is 10.1. The minimum Gasteiger partial charge on any atom is -0.494 e. The largest absolute Gasteiger partial charge is 0.494 e. The number of benzene rings is 2. The number of aryl methyl sites for hydroxylation is 1. The predicted molar refractivity (Wildman–Crippen MR) is 121 cm³/mol. The van der Waals surface area contributed by atoms with Gasteiger partial charge in [0.2, 0.25) is 5.91 Å². The van der Waals surface area contributed by atoms with Crippen molar-refractivity contribution in [2.75, 3.05) is 13.2 Å². The Morgan fingerprint density at radius 2 is 1.93 bits per heavy atom. The van der Waals surface area contributed by atoms with E-state index in [0.717, 1.165) is 40.5 Å². The lowest BCUT2D eigenvalue weighted by molar-refractivity contribution is -0.120. The third-order valence-corrected chi connectivity index (χ3v) is 5.78. The molecule has 0 atom stereocenters. The first-order valence-corrected chi connectivity index (χ1v) is 11.1. The SMILES string of the molecule is CCOc1ccc(-c2cn3c(CC(=O)NCCCc4ccccc4)csc3n2)cc1. The summed E-state index contributed by atoms with van der Waals surface area (Å²) in [5, 5.41) is 5.04. The van der Waals surface area contributed by atoms with Crippen LogP contribution in [0.3, 0.4) is 0 Å². The molecular formula is C24H25N3O2S. The summed E-state index contributed by atoms with van der Waals surface area (Å²) in [5.41, 5.74) is 4.19. The highest BCUT2D eigenvalue weighted by Gasteiger charge is 2.12. The maximum absolute atomic E-state index is 12.4. The van der Waals surface area contributed by atoms with E-state index < -0.39 is 0 Å². The second kappa shape index (κ2) is 9.59. The zero-order valence-corrected chi connectivity index (χ0v) is 17.8. The van der Waals surface area contributed by atoms with Gasteiger partial charge in [-0.3, -0.25) is 9.20 Å². The Morgan fingerprint density at radius 1 is 1.13 bits per heavy atom. The lowest BCUT2D eigenvalue weighted by Crippen LogP contribution is -2.26. The maximum atomic E-state index is 12.4. The van der Waals surface area contributed by atoms with Gasteiger partial charge in [-0.1, -0.05) is 30.3 Å². The molecule has 1 amide bonds. The van der Waals surface area contributed by atoms with Crippen LogP contribution in [0.25, 0.3) is 16.2 Å². The molecule has 1 N–H and O–H groups in total. The second-order valence-electron chi connectivity index (χ2n) is 7.08. The van der Waals surface area contributed by atoms with E-state index in [2.05, 4.69) is 17.4 Å². The standard InChI is InChI=1S/C24H25N3O2S/c1-2-29-21-12-10-19(11-13-21)22-16-27-20(17-30-24(27)26-22)15-23(28)25-14-6-9-18-7-4-3-5-8-18/h3-5,7-8,10-13,16-17H,2,6,9,14-15H2,1H3,(H,25,28). The van der Waals surface area contributed by atoms with Crippen molar-refractivity contribution in [2.24, 2.45) is 0 Å². The average molecular weight is 420 g/mol. The Balaban J connectivity index is 1.34. The van der Waals surface area contributed by atoms with Gasteiger partial charge < -0.3 is 10.1 Å². The predicted octanol–water partition coefficient (Wildman–Crippen LogP) is 4.75. The molecule has 4 aromatic rings. The number of amides is 1. The van der Waals surface area contributed by atoms with Crippen LogP contribution in [0, 0.1) is 0 Å². The number of nitrogens with one attached hydrogen (secondary N) is 1. The molecule has 6 heteroatoms. The van der Waals surface area contributed by atoms with Gasteiger partial charge in [0.1, 0.15) is 5.75 Å². The molecule has 30 heavy (non-hydrogen) atoms. The molecule has 2 aromatic carbocycles. The Hall–Kier alpha value is -3.12. The highest BCUT2D eigenvalue weighted by molar-refractivity contribution is 7.15. The first-order chi connectivity index (χ1) is 14.7. The summed E-state index contributed by atoms with van der Waals surface area (Å²) >= 11 is 1.56. The Morgan fingerprint density at radius 3 is 2.70 bits per heavy atom. The topological polar surface area (TPSA) is 55.6 Å². The van der Waals surface area contributed by atoms with Crippen molar-refractivity contribution in [3.8, 4) is 17.0 Å². The third kappa shape index (κ3) is 4.89. The van der Waals surface area contributed by atoms with E-state index >= 15 is 0 Å². The van der Waals surface area contributed by atoms with Gasteiger partial charge in [0, 0.05) is 29.4 Å². The molecule has 0 aliphatic heterocycles. The van der Waals surface area contributed by atoms with Crippen molar-refractivity contribution in [2.45, 2.75) is 26.2 Å². The number of aromatic nitrogens is 2. The Bertz CT molecular complexity index is 1100. The number of hydrogen-bond donors (Lipinski definition) is 1. The Labute approximate surface area is 180 Å². The van der Waals surface area contributed by atoms with E-state index in [-0.39, 0.29) is 5.91 Å². The summed E-state index contributed by atoms with van der Waals surface area (Å²) in [6, 6.07) is 18.3. The van der Waals surface area contributed by atoms with Crippen LogP contribution >= 0.6 is 11.3 Å². The first-order valence-electron chi connectivity index (χ1n) is 10.2. The molecule has 0 aliphatic rings. The number of carbonyl (C=O) groups is 1. The van der Waals surface area contributed by atoms with Crippen LogP contribution in [-0.2, 0) is 17.6 Å². The smallest absolute Gasteiger partial charge is 0.225 e. The fourth-order valence-electron chi connectivity index (χ4n) is 3.38. The zero-order valence-electron chi connectivity index (χ0n) is 17.0. The molecule has 5 nitrogen and oxygen atoms in total. The van der Waals surface area contributed by atoms with Crippen LogP contribution in [0.5, 0.6) is 5.75 Å². The number of hydrogen-bond acceptors (Lipinski definition) is 4. The number of imidazole rings is 1. The fraction of sp³-hybridized carbons (Fsp3) is 0.250. The van der Waals surface area contributed by atoms with E-state index in [4.69, 9.17) is 9.72 Å². The van der Waals surface area contributed by atoms with Crippen LogP contribution in [0.1, 0.15) is 24.6 Å². The average Bonchev–Trinajstić information content (AvgIpc) is 3.35.